The van der Waals surface area contributed by atoms with Crippen molar-refractivity contribution in [1.82, 2.24) is 14.5 Å². The second-order valence-corrected chi connectivity index (χ2v) is 6.75. The highest BCUT2D eigenvalue weighted by atomic mass is 16.7. The Bertz CT molecular complexity index is 882. The summed E-state index contributed by atoms with van der Waals surface area (Å²) in [5.41, 5.74) is 1.03. The van der Waals surface area contributed by atoms with Crippen molar-refractivity contribution >= 4 is 0 Å². The fourth-order valence-corrected chi connectivity index (χ4v) is 3.86. The summed E-state index contributed by atoms with van der Waals surface area (Å²) in [4.78, 5) is 7.09. The number of fused-ring (bicyclic) bond motifs is 1. The summed E-state index contributed by atoms with van der Waals surface area (Å²) in [5.74, 6) is 3.51. The average Bonchev–Trinajstić information content (AvgIpc) is 3.47. The highest BCUT2D eigenvalue weighted by molar-refractivity contribution is 5.62. The summed E-state index contributed by atoms with van der Waals surface area (Å²) in [6, 6.07) is 10.2. The van der Waals surface area contributed by atoms with Crippen molar-refractivity contribution in [1.29, 1.82) is 0 Å². The van der Waals surface area contributed by atoms with Crippen LogP contribution in [0.4, 0.5) is 0 Å². The Morgan fingerprint density at radius 1 is 1.08 bits per heavy atom. The van der Waals surface area contributed by atoms with Crippen molar-refractivity contribution in [3.05, 3.63) is 54.7 Å². The highest BCUT2D eigenvalue weighted by Crippen LogP contribution is 2.36. The van der Waals surface area contributed by atoms with Crippen LogP contribution in [-0.4, -0.2) is 34.3 Å². The zero-order valence-electron chi connectivity index (χ0n) is 14.5. The summed E-state index contributed by atoms with van der Waals surface area (Å²) < 4.78 is 18.9. The summed E-state index contributed by atoms with van der Waals surface area (Å²) in [6.45, 7) is 3.30. The molecule has 0 bridgehead atoms. The first kappa shape index (κ1) is 15.5. The van der Waals surface area contributed by atoms with E-state index < -0.39 is 0 Å². The number of likely N-dealkylation sites (tertiary alicyclic amines) is 1. The summed E-state index contributed by atoms with van der Waals surface area (Å²) >= 11 is 0. The van der Waals surface area contributed by atoms with E-state index in [1.165, 1.54) is 12.8 Å². The van der Waals surface area contributed by atoms with Gasteiger partial charge in [0.2, 0.25) is 6.79 Å². The number of hydrogen-bond donors (Lipinski definition) is 0. The number of hydrogen-bond acceptors (Lipinski definition) is 5. The molecule has 1 atom stereocenters. The summed E-state index contributed by atoms with van der Waals surface area (Å²) in [6.07, 6.45) is 8.13. The Hall–Kier alpha value is -2.73. The minimum absolute atomic E-state index is 0.217. The molecule has 1 aromatic carbocycles. The van der Waals surface area contributed by atoms with E-state index in [4.69, 9.17) is 13.9 Å². The van der Waals surface area contributed by atoms with Crippen LogP contribution in [0.1, 0.15) is 24.6 Å². The SMILES string of the molecule is c1coc(C(Cn2ccnc2-c2ccc3c(c2)OCO3)N2CCCC2)c1. The van der Waals surface area contributed by atoms with Crippen LogP contribution in [0.25, 0.3) is 11.4 Å². The first-order valence-electron chi connectivity index (χ1n) is 9.07. The third-order valence-corrected chi connectivity index (χ3v) is 5.17. The fourth-order valence-electron chi connectivity index (χ4n) is 3.86. The van der Waals surface area contributed by atoms with Crippen LogP contribution in [0.2, 0.25) is 0 Å². The molecular weight excluding hydrogens is 330 g/mol. The van der Waals surface area contributed by atoms with Crippen LogP contribution in [0.15, 0.2) is 53.4 Å². The molecule has 0 amide bonds. The van der Waals surface area contributed by atoms with E-state index in [0.29, 0.717) is 0 Å². The maximum absolute atomic E-state index is 5.75. The number of nitrogens with zero attached hydrogens (tertiary/aromatic N) is 3. The number of rotatable bonds is 5. The number of ether oxygens (including phenoxy) is 2. The van der Waals surface area contributed by atoms with Gasteiger partial charge in [-0.05, 0) is 56.3 Å². The second-order valence-electron chi connectivity index (χ2n) is 6.75. The lowest BCUT2D eigenvalue weighted by Gasteiger charge is -2.26. The Morgan fingerprint density at radius 3 is 2.81 bits per heavy atom. The largest absolute Gasteiger partial charge is 0.468 e. The van der Waals surface area contributed by atoms with Gasteiger partial charge in [0.25, 0.3) is 0 Å². The number of imidazole rings is 1. The molecule has 5 rings (SSSR count). The van der Waals surface area contributed by atoms with Crippen molar-refractivity contribution in [2.24, 2.45) is 0 Å². The molecule has 3 aromatic rings. The molecule has 0 radical (unpaired) electrons. The molecule has 2 aliphatic heterocycles. The van der Waals surface area contributed by atoms with Gasteiger partial charge >= 0.3 is 0 Å². The van der Waals surface area contributed by atoms with Gasteiger partial charge in [-0.1, -0.05) is 0 Å². The molecule has 0 aliphatic carbocycles. The predicted octanol–water partition coefficient (Wildman–Crippen LogP) is 3.71. The lowest BCUT2D eigenvalue weighted by Crippen LogP contribution is -2.29. The van der Waals surface area contributed by atoms with Crippen molar-refractivity contribution in [3.8, 4) is 22.9 Å². The molecule has 0 spiro atoms. The van der Waals surface area contributed by atoms with Gasteiger partial charge in [-0.25, -0.2) is 4.98 Å². The molecule has 134 valence electrons. The third kappa shape index (κ3) is 2.76. The molecule has 6 heteroatoms. The maximum atomic E-state index is 5.75. The van der Waals surface area contributed by atoms with Gasteiger partial charge in [0.05, 0.1) is 12.3 Å². The van der Waals surface area contributed by atoms with E-state index in [9.17, 15) is 0 Å². The number of furan rings is 1. The van der Waals surface area contributed by atoms with E-state index in [1.807, 2.05) is 36.7 Å². The molecule has 1 unspecified atom stereocenters. The normalized spacial score (nSPS) is 17.7. The van der Waals surface area contributed by atoms with Gasteiger partial charge in [-0.2, -0.15) is 0 Å². The van der Waals surface area contributed by atoms with Crippen LogP contribution in [-0.2, 0) is 6.54 Å². The molecule has 4 heterocycles. The quantitative estimate of drug-likeness (QED) is 0.701. The van der Waals surface area contributed by atoms with E-state index in [-0.39, 0.29) is 12.8 Å². The Balaban J connectivity index is 1.46. The third-order valence-electron chi connectivity index (χ3n) is 5.17. The maximum Gasteiger partial charge on any atom is 0.231 e. The smallest absolute Gasteiger partial charge is 0.231 e. The number of aromatic nitrogens is 2. The molecule has 2 aromatic heterocycles. The van der Waals surface area contributed by atoms with Gasteiger partial charge in [0.1, 0.15) is 11.6 Å². The first-order chi connectivity index (χ1) is 12.9. The van der Waals surface area contributed by atoms with Gasteiger partial charge in [-0.15, -0.1) is 0 Å². The van der Waals surface area contributed by atoms with Crippen LogP contribution in [0.5, 0.6) is 11.5 Å². The van der Waals surface area contributed by atoms with E-state index >= 15 is 0 Å². The molecule has 1 fully saturated rings. The van der Waals surface area contributed by atoms with Crippen molar-refractivity contribution < 1.29 is 13.9 Å². The van der Waals surface area contributed by atoms with Crippen LogP contribution in [0.3, 0.4) is 0 Å². The van der Waals surface area contributed by atoms with Gasteiger partial charge < -0.3 is 18.5 Å². The molecule has 26 heavy (non-hydrogen) atoms. The Kier molecular flexibility index (Phi) is 3.90. The van der Waals surface area contributed by atoms with E-state index in [0.717, 1.165) is 48.3 Å². The molecule has 0 saturated carbocycles. The monoisotopic (exact) mass is 351 g/mol. The van der Waals surface area contributed by atoms with Crippen molar-refractivity contribution in [2.75, 3.05) is 19.9 Å². The molecular formula is C20H21N3O3. The number of benzene rings is 1. The van der Waals surface area contributed by atoms with E-state index in [1.54, 1.807) is 6.26 Å². The second kappa shape index (κ2) is 6.53. The predicted molar refractivity (Wildman–Crippen MR) is 96.0 cm³/mol. The van der Waals surface area contributed by atoms with Gasteiger partial charge in [0.15, 0.2) is 11.5 Å². The lowest BCUT2D eigenvalue weighted by atomic mass is 10.1. The summed E-state index contributed by atoms with van der Waals surface area (Å²) in [7, 11) is 0. The molecule has 6 nitrogen and oxygen atoms in total. The fraction of sp³-hybridized carbons (Fsp3) is 0.350. The van der Waals surface area contributed by atoms with Crippen LogP contribution in [0, 0.1) is 0 Å². The van der Waals surface area contributed by atoms with Gasteiger partial charge in [0, 0.05) is 24.5 Å². The lowest BCUT2D eigenvalue weighted by molar-refractivity contribution is 0.174. The van der Waals surface area contributed by atoms with Crippen molar-refractivity contribution in [3.63, 3.8) is 0 Å². The van der Waals surface area contributed by atoms with Crippen LogP contribution >= 0.6 is 0 Å². The Morgan fingerprint density at radius 2 is 1.96 bits per heavy atom. The highest BCUT2D eigenvalue weighted by Gasteiger charge is 2.27. The zero-order valence-corrected chi connectivity index (χ0v) is 14.5. The average molecular weight is 351 g/mol. The minimum atomic E-state index is 0.217. The molecule has 0 N–H and O–H groups in total. The minimum Gasteiger partial charge on any atom is -0.468 e. The molecule has 1 saturated heterocycles. The topological polar surface area (TPSA) is 52.7 Å². The first-order valence-corrected chi connectivity index (χ1v) is 9.07. The van der Waals surface area contributed by atoms with Crippen LogP contribution < -0.4 is 9.47 Å². The molecule has 2 aliphatic rings. The zero-order chi connectivity index (χ0) is 17.3. The van der Waals surface area contributed by atoms with Gasteiger partial charge in [-0.3, -0.25) is 4.90 Å². The summed E-state index contributed by atoms with van der Waals surface area (Å²) in [5, 5.41) is 0. The Labute approximate surface area is 152 Å². The standard InChI is InChI=1S/C20H21N3O3/c1-2-9-22(8-1)16(17-4-3-11-24-17)13-23-10-7-21-20(23)15-5-6-18-19(12-15)26-14-25-18/h3-7,10-12,16H,1-2,8-9,13-14H2. The van der Waals surface area contributed by atoms with Crippen molar-refractivity contribution in [2.45, 2.75) is 25.4 Å². The van der Waals surface area contributed by atoms with E-state index in [2.05, 4.69) is 20.5 Å².